The first-order valence-corrected chi connectivity index (χ1v) is 3.14. The number of hydrogen-bond donors (Lipinski definition) is 1. The fourth-order valence-corrected chi connectivity index (χ4v) is 0.466. The lowest BCUT2D eigenvalue weighted by Gasteiger charge is -1.97. The molecule has 0 fully saturated rings. The molecule has 0 aliphatic heterocycles. The molecule has 0 aromatic heterocycles. The van der Waals surface area contributed by atoms with E-state index in [1.165, 1.54) is 14.2 Å². The first kappa shape index (κ1) is 14.8. The molecule has 0 aromatic rings. The van der Waals surface area contributed by atoms with E-state index in [0.29, 0.717) is 0 Å². The highest BCUT2D eigenvalue weighted by Crippen LogP contribution is 1.97. The van der Waals surface area contributed by atoms with E-state index in [4.69, 9.17) is 5.11 Å². The van der Waals surface area contributed by atoms with Crippen LogP contribution in [0.5, 0.6) is 0 Å². The standard InChI is InChI=1S/C7H10O5.Mg.2H/c1-11-6(9)3-5(8)4-7(10)12-2;;;/h3,8H,4H2,1-2H3;;;. The number of ether oxygens (including phenoxy) is 2. The Morgan fingerprint density at radius 2 is 1.85 bits per heavy atom. The van der Waals surface area contributed by atoms with Crippen LogP contribution in [0.1, 0.15) is 6.42 Å². The van der Waals surface area contributed by atoms with Crippen molar-refractivity contribution in [3.8, 4) is 0 Å². The van der Waals surface area contributed by atoms with E-state index >= 15 is 0 Å². The molecule has 0 radical (unpaired) electrons. The Bertz CT molecular complexity index is 211. The molecule has 0 amide bonds. The van der Waals surface area contributed by atoms with Gasteiger partial charge in [0, 0.05) is 0 Å². The van der Waals surface area contributed by atoms with Gasteiger partial charge in [-0.25, -0.2) is 4.79 Å². The van der Waals surface area contributed by atoms with Crippen LogP contribution in [0, 0.1) is 0 Å². The van der Waals surface area contributed by atoms with E-state index in [9.17, 15) is 9.59 Å². The third kappa shape index (κ3) is 7.60. The van der Waals surface area contributed by atoms with Gasteiger partial charge in [-0.3, -0.25) is 4.79 Å². The Morgan fingerprint density at radius 1 is 1.31 bits per heavy atom. The van der Waals surface area contributed by atoms with Crippen LogP contribution in [0.2, 0.25) is 0 Å². The predicted molar refractivity (Wildman–Crippen MR) is 47.9 cm³/mol. The number of aliphatic hydroxyl groups is 1. The van der Waals surface area contributed by atoms with E-state index < -0.39 is 11.9 Å². The highest BCUT2D eigenvalue weighted by molar-refractivity contribution is 5.83. The van der Waals surface area contributed by atoms with Crippen LogP contribution in [0.15, 0.2) is 11.8 Å². The Hall–Kier alpha value is -0.754. The molecule has 13 heavy (non-hydrogen) atoms. The van der Waals surface area contributed by atoms with Crippen molar-refractivity contribution >= 4 is 35.0 Å². The van der Waals surface area contributed by atoms with Gasteiger partial charge in [-0.15, -0.1) is 0 Å². The summed E-state index contributed by atoms with van der Waals surface area (Å²) in [5, 5.41) is 8.91. The zero-order chi connectivity index (χ0) is 9.56. The van der Waals surface area contributed by atoms with Crippen molar-refractivity contribution in [1.82, 2.24) is 0 Å². The molecule has 72 valence electrons. The van der Waals surface area contributed by atoms with E-state index in [2.05, 4.69) is 9.47 Å². The zero-order valence-corrected chi connectivity index (χ0v) is 6.86. The summed E-state index contributed by atoms with van der Waals surface area (Å²) in [6.07, 6.45) is 0.489. The van der Waals surface area contributed by atoms with Gasteiger partial charge in [0.1, 0.15) is 12.2 Å². The second-order valence-electron chi connectivity index (χ2n) is 1.91. The number of methoxy groups -OCH3 is 2. The maximum absolute atomic E-state index is 10.5. The first-order valence-electron chi connectivity index (χ1n) is 3.14. The molecule has 0 spiro atoms. The highest BCUT2D eigenvalue weighted by Gasteiger charge is 2.05. The monoisotopic (exact) mass is 200 g/mol. The molecule has 0 bridgehead atoms. The average Bonchev–Trinajstić information content (AvgIpc) is 2.03. The summed E-state index contributed by atoms with van der Waals surface area (Å²) in [4.78, 5) is 21.0. The van der Waals surface area contributed by atoms with Gasteiger partial charge >= 0.3 is 35.0 Å². The number of aliphatic hydroxyl groups excluding tert-OH is 1. The number of esters is 2. The lowest BCUT2D eigenvalue weighted by Crippen LogP contribution is -2.04. The van der Waals surface area contributed by atoms with Gasteiger partial charge in [-0.2, -0.15) is 0 Å². The Balaban J connectivity index is 0. The first-order chi connectivity index (χ1) is 5.60. The van der Waals surface area contributed by atoms with E-state index in [1.807, 2.05) is 0 Å². The van der Waals surface area contributed by atoms with Crippen molar-refractivity contribution in [2.45, 2.75) is 6.42 Å². The molecular formula is C7H12MgO5. The van der Waals surface area contributed by atoms with Crippen LogP contribution in [-0.2, 0) is 19.1 Å². The molecular weight excluding hydrogens is 188 g/mol. The lowest BCUT2D eigenvalue weighted by atomic mass is 10.3. The predicted octanol–water partition coefficient (Wildman–Crippen LogP) is -0.752. The number of carbonyl (C=O) groups excluding carboxylic acids is 2. The minimum atomic E-state index is -0.712. The van der Waals surface area contributed by atoms with Gasteiger partial charge < -0.3 is 14.6 Å². The summed E-state index contributed by atoms with van der Waals surface area (Å²) in [5.41, 5.74) is 0. The minimum absolute atomic E-state index is 0. The van der Waals surface area contributed by atoms with Crippen LogP contribution in [-0.4, -0.2) is 54.3 Å². The van der Waals surface area contributed by atoms with Crippen molar-refractivity contribution in [3.05, 3.63) is 11.8 Å². The second kappa shape index (κ2) is 7.87. The van der Waals surface area contributed by atoms with Crippen LogP contribution >= 0.6 is 0 Å². The number of hydrogen-bond acceptors (Lipinski definition) is 5. The van der Waals surface area contributed by atoms with E-state index in [1.54, 1.807) is 0 Å². The summed E-state index contributed by atoms with van der Waals surface area (Å²) < 4.78 is 8.45. The van der Waals surface area contributed by atoms with Crippen LogP contribution in [0.25, 0.3) is 0 Å². The number of carbonyl (C=O) groups is 2. The summed E-state index contributed by atoms with van der Waals surface area (Å²) >= 11 is 0. The summed E-state index contributed by atoms with van der Waals surface area (Å²) in [7, 11) is 2.36. The molecule has 0 atom stereocenters. The van der Waals surface area contributed by atoms with Crippen molar-refractivity contribution in [2.75, 3.05) is 14.2 Å². The van der Waals surface area contributed by atoms with Crippen molar-refractivity contribution in [3.63, 3.8) is 0 Å². The second-order valence-corrected chi connectivity index (χ2v) is 1.91. The molecule has 0 aliphatic carbocycles. The zero-order valence-electron chi connectivity index (χ0n) is 6.86. The normalized spacial score (nSPS) is 9.85. The molecule has 5 nitrogen and oxygen atoms in total. The molecule has 1 N–H and O–H groups in total. The van der Waals surface area contributed by atoms with Gasteiger partial charge in [-0.05, 0) is 0 Å². The summed E-state index contributed by atoms with van der Waals surface area (Å²) in [5.74, 6) is -1.71. The third-order valence-corrected chi connectivity index (χ3v) is 1.04. The van der Waals surface area contributed by atoms with Gasteiger partial charge in [0.15, 0.2) is 0 Å². The molecule has 0 saturated carbocycles. The van der Waals surface area contributed by atoms with Crippen LogP contribution in [0.3, 0.4) is 0 Å². The van der Waals surface area contributed by atoms with Gasteiger partial charge in [0.05, 0.1) is 20.3 Å². The van der Waals surface area contributed by atoms with Gasteiger partial charge in [0.25, 0.3) is 0 Å². The molecule has 0 aliphatic rings. The Labute approximate surface area is 91.9 Å². The van der Waals surface area contributed by atoms with Gasteiger partial charge in [0.2, 0.25) is 0 Å². The van der Waals surface area contributed by atoms with E-state index in [-0.39, 0.29) is 35.2 Å². The fraction of sp³-hybridized carbons (Fsp3) is 0.429. The SMILES string of the molecule is COC(=O)C=C(O)CC(=O)OC.[MgH2]. The quantitative estimate of drug-likeness (QED) is 0.281. The topological polar surface area (TPSA) is 72.8 Å². The van der Waals surface area contributed by atoms with Crippen LogP contribution < -0.4 is 0 Å². The van der Waals surface area contributed by atoms with Crippen molar-refractivity contribution in [2.24, 2.45) is 0 Å². The highest BCUT2D eigenvalue weighted by atomic mass is 24.3. The molecule has 0 heterocycles. The third-order valence-electron chi connectivity index (χ3n) is 1.04. The number of rotatable bonds is 3. The van der Waals surface area contributed by atoms with Crippen molar-refractivity contribution in [1.29, 1.82) is 0 Å². The van der Waals surface area contributed by atoms with Gasteiger partial charge in [-0.1, -0.05) is 0 Å². The molecule has 0 aromatic carbocycles. The van der Waals surface area contributed by atoms with Crippen molar-refractivity contribution < 1.29 is 24.2 Å². The Kier molecular flexibility index (Phi) is 8.93. The molecule has 0 unspecified atom stereocenters. The summed E-state index contributed by atoms with van der Waals surface area (Å²) in [6.45, 7) is 0. The maximum Gasteiger partial charge on any atom is 0.333 e. The molecule has 0 saturated heterocycles. The minimum Gasteiger partial charge on any atom is -0.511 e. The Morgan fingerprint density at radius 3 is 2.23 bits per heavy atom. The smallest absolute Gasteiger partial charge is 0.333 e. The lowest BCUT2D eigenvalue weighted by molar-refractivity contribution is -0.140. The van der Waals surface area contributed by atoms with E-state index in [0.717, 1.165) is 6.08 Å². The van der Waals surface area contributed by atoms with Crippen LogP contribution in [0.4, 0.5) is 0 Å². The fourth-order valence-electron chi connectivity index (χ4n) is 0.466. The average molecular weight is 200 g/mol. The molecule has 6 heteroatoms. The largest absolute Gasteiger partial charge is 0.511 e. The summed E-state index contributed by atoms with van der Waals surface area (Å²) in [6, 6.07) is 0. The molecule has 0 rings (SSSR count). The maximum atomic E-state index is 10.5.